The quantitative estimate of drug-likeness (QED) is 0.110. The molecule has 0 saturated heterocycles. The van der Waals surface area contributed by atoms with Crippen LogP contribution in [-0.2, 0) is 20.2 Å². The zero-order valence-electron chi connectivity index (χ0n) is 22.0. The van der Waals surface area contributed by atoms with E-state index in [1.54, 1.807) is 12.1 Å². The Morgan fingerprint density at radius 3 is 1.14 bits per heavy atom. The Balaban J connectivity index is 0.00000242. The summed E-state index contributed by atoms with van der Waals surface area (Å²) in [5.41, 5.74) is 11.8. The number of fused-ring (bicyclic) bond motifs is 2. The molecule has 4 aromatic carbocycles. The summed E-state index contributed by atoms with van der Waals surface area (Å²) < 4.78 is 79.4. The van der Waals surface area contributed by atoms with E-state index in [9.17, 15) is 35.5 Å². The van der Waals surface area contributed by atoms with Crippen LogP contribution in [0, 0.1) is 0 Å². The Labute approximate surface area is 284 Å². The molecule has 0 unspecified atom stereocenters. The molecule has 4 N–H and O–H groups in total. The predicted octanol–water partition coefficient (Wildman–Crippen LogP) is -2.97. The number of nitrogen functional groups attached to an aromatic ring is 2. The number of hydrogen-bond donors (Lipinski definition) is 2. The Bertz CT molecular complexity index is 1810. The number of hydrogen-bond acceptors (Lipinski definition) is 12. The molecule has 0 fully saturated rings. The Morgan fingerprint density at radius 1 is 0.548 bits per heavy atom. The van der Waals surface area contributed by atoms with Crippen molar-refractivity contribution < 1.29 is 104 Å². The second-order valence-corrected chi connectivity index (χ2v) is 11.3. The van der Waals surface area contributed by atoms with Crippen molar-refractivity contribution in [2.45, 2.75) is 9.79 Å². The zero-order chi connectivity index (χ0) is 29.0. The van der Waals surface area contributed by atoms with Crippen LogP contribution in [0.5, 0.6) is 23.0 Å². The Morgan fingerprint density at radius 2 is 0.857 bits per heavy atom. The smallest absolute Gasteiger partial charge is 0.744 e. The van der Waals surface area contributed by atoms with Crippen molar-refractivity contribution >= 4 is 43.2 Å². The molecule has 0 aromatic heterocycles. The van der Waals surface area contributed by atoms with Crippen molar-refractivity contribution in [3.05, 3.63) is 95.1 Å². The maximum atomic E-state index is 13.4. The first-order valence-corrected chi connectivity index (χ1v) is 14.0. The summed E-state index contributed by atoms with van der Waals surface area (Å²) in [7, 11) is -9.49. The summed E-state index contributed by atoms with van der Waals surface area (Å²) in [4.78, 5) is 25.8. The van der Waals surface area contributed by atoms with E-state index in [1.807, 2.05) is 0 Å². The number of carbonyl (C=O) groups is 2. The first kappa shape index (κ1) is 33.7. The minimum Gasteiger partial charge on any atom is -0.744 e. The van der Waals surface area contributed by atoms with Gasteiger partial charge in [0.2, 0.25) is 0 Å². The second-order valence-electron chi connectivity index (χ2n) is 8.49. The van der Waals surface area contributed by atoms with Crippen molar-refractivity contribution in [2.75, 3.05) is 11.5 Å². The van der Waals surface area contributed by atoms with Gasteiger partial charge in [0.05, 0.1) is 32.3 Å². The molecule has 0 radical (unpaired) electrons. The maximum absolute atomic E-state index is 13.4. The van der Waals surface area contributed by atoms with E-state index in [-0.39, 0.29) is 116 Å². The third-order valence-corrected chi connectivity index (χ3v) is 7.72. The van der Waals surface area contributed by atoms with Gasteiger partial charge in [0.25, 0.3) is 0 Å². The van der Waals surface area contributed by atoms with Crippen LogP contribution in [0.15, 0.2) is 82.6 Å². The first-order valence-electron chi connectivity index (χ1n) is 11.2. The summed E-state index contributed by atoms with van der Waals surface area (Å²) in [6.07, 6.45) is 0. The number of nitrogens with two attached hydrogens (primary N) is 2. The van der Waals surface area contributed by atoms with Crippen LogP contribution in [0.2, 0.25) is 0 Å². The van der Waals surface area contributed by atoms with Crippen molar-refractivity contribution in [3.8, 4) is 23.0 Å². The molecule has 0 bridgehead atoms. The van der Waals surface area contributed by atoms with E-state index in [2.05, 4.69) is 0 Å². The minimum absolute atomic E-state index is 0. The number of carbonyl (C=O) groups excluding carboxylic acids is 2. The molecular weight excluding hydrogens is 610 g/mol. The third kappa shape index (κ3) is 6.28. The summed E-state index contributed by atoms with van der Waals surface area (Å²) >= 11 is 0. The van der Waals surface area contributed by atoms with Gasteiger partial charge >= 0.3 is 59.1 Å². The van der Waals surface area contributed by atoms with Crippen LogP contribution in [-0.4, -0.2) is 37.5 Å². The molecule has 0 amide bonds. The fourth-order valence-corrected chi connectivity index (χ4v) is 5.09. The van der Waals surface area contributed by atoms with E-state index < -0.39 is 41.6 Å². The molecule has 16 heteroatoms. The number of ketones is 2. The van der Waals surface area contributed by atoms with Gasteiger partial charge in [-0.15, -0.1) is 0 Å². The van der Waals surface area contributed by atoms with Crippen molar-refractivity contribution in [3.63, 3.8) is 0 Å². The monoisotopic (exact) mass is 626 g/mol. The first-order chi connectivity index (χ1) is 18.8. The maximum Gasteiger partial charge on any atom is 1.00 e. The molecule has 5 rings (SSSR count). The van der Waals surface area contributed by atoms with Crippen LogP contribution in [0.1, 0.15) is 31.8 Å². The van der Waals surface area contributed by atoms with Gasteiger partial charge in [0, 0.05) is 11.1 Å². The van der Waals surface area contributed by atoms with Crippen molar-refractivity contribution in [1.82, 2.24) is 0 Å². The molecule has 204 valence electrons. The van der Waals surface area contributed by atoms with Crippen LogP contribution >= 0.6 is 0 Å². The van der Waals surface area contributed by atoms with E-state index in [0.717, 1.165) is 48.5 Å². The average Bonchev–Trinajstić information content (AvgIpc) is 2.90. The van der Waals surface area contributed by atoms with E-state index in [4.69, 9.17) is 20.9 Å². The molecule has 0 heterocycles. The average molecular weight is 627 g/mol. The van der Waals surface area contributed by atoms with E-state index in [0.29, 0.717) is 0 Å². The van der Waals surface area contributed by atoms with E-state index >= 15 is 0 Å². The minimum atomic E-state index is -4.75. The van der Waals surface area contributed by atoms with Crippen LogP contribution < -0.4 is 80.1 Å². The fraction of sp³-hybridized carbons (Fsp3) is 0. The summed E-state index contributed by atoms with van der Waals surface area (Å²) in [5.74, 6) is -1.94. The van der Waals surface area contributed by atoms with Crippen molar-refractivity contribution in [2.24, 2.45) is 0 Å². The molecule has 42 heavy (non-hydrogen) atoms. The molecule has 12 nitrogen and oxygen atoms in total. The third-order valence-electron chi connectivity index (χ3n) is 6.02. The number of benzene rings is 4. The molecule has 4 aromatic rings. The normalized spacial score (nSPS) is 12.3. The van der Waals surface area contributed by atoms with Gasteiger partial charge in [-0.05, 0) is 48.5 Å². The molecule has 1 aliphatic rings. The molecule has 0 atom stereocenters. The zero-order valence-corrected chi connectivity index (χ0v) is 27.6. The largest absolute Gasteiger partial charge is 1.00 e. The molecule has 0 saturated carbocycles. The van der Waals surface area contributed by atoms with Gasteiger partial charge in [-0.25, -0.2) is 16.8 Å². The van der Waals surface area contributed by atoms with Gasteiger partial charge in [0.1, 0.15) is 31.7 Å². The van der Waals surface area contributed by atoms with Crippen LogP contribution in [0.25, 0.3) is 0 Å². The van der Waals surface area contributed by atoms with Crippen LogP contribution in [0.4, 0.5) is 11.4 Å². The van der Waals surface area contributed by atoms with Crippen molar-refractivity contribution in [1.29, 1.82) is 0 Å². The van der Waals surface area contributed by atoms with Crippen LogP contribution in [0.3, 0.4) is 0 Å². The van der Waals surface area contributed by atoms with Gasteiger partial charge in [-0.3, -0.25) is 9.59 Å². The number of ether oxygens (including phenoxy) is 2. The molecule has 1 aliphatic carbocycles. The Hall–Kier alpha value is -2.76. The summed E-state index contributed by atoms with van der Waals surface area (Å²) in [5, 5.41) is 0. The second kappa shape index (κ2) is 12.5. The fourth-order valence-electron chi connectivity index (χ4n) is 4.15. The number of anilines is 2. The molecule has 0 aliphatic heterocycles. The van der Waals surface area contributed by atoms with Gasteiger partial charge in [0.15, 0.2) is 23.1 Å². The predicted molar refractivity (Wildman–Crippen MR) is 138 cm³/mol. The van der Waals surface area contributed by atoms with Gasteiger partial charge < -0.3 is 30.0 Å². The number of rotatable bonds is 6. The van der Waals surface area contributed by atoms with E-state index in [1.165, 1.54) is 12.1 Å². The Kier molecular flexibility index (Phi) is 10.0. The topological polar surface area (TPSA) is 219 Å². The molecule has 0 spiro atoms. The summed E-state index contributed by atoms with van der Waals surface area (Å²) in [6, 6.07) is 14.6. The molecular formula is C26H16N2Na2O10S2. The standard InChI is InChI=1S/C26H18N2O10S2.2Na/c27-21-19-20(24(30)18-4-2-1-3-17(18)23(19)29)22(28)26(38-14-7-11-16(12-8-14)40(34,35)36)25(21)37-13-5-9-15(10-6-13)39(31,32)33;;/h1-12H,27-28H2,(H,31,32,33)(H,34,35,36);;/q;2*+1/p-2. The van der Waals surface area contributed by atoms with Gasteiger partial charge in [-0.2, -0.15) is 0 Å². The SMILES string of the molecule is Nc1c(Oc2ccc(S(=O)(=O)[O-])cc2)c(Oc2ccc(S(=O)(=O)[O-])cc2)c(N)c2c1C(=O)c1ccccc1C2=O.[Na+].[Na+]. The van der Waals surface area contributed by atoms with Gasteiger partial charge in [-0.1, -0.05) is 24.3 Å². The summed E-state index contributed by atoms with van der Waals surface area (Å²) in [6.45, 7) is 0.